The van der Waals surface area contributed by atoms with Gasteiger partial charge in [0.15, 0.2) is 5.82 Å². The molecule has 242 valence electrons. The molecule has 3 aliphatic heterocycles. The number of alkyl halides is 1. The maximum Gasteiger partial charge on any atom is 0.319 e. The Balaban J connectivity index is 1.28. The monoisotopic (exact) mass is 648 g/mol. The average molecular weight is 649 g/mol. The standard InChI is InChI=1S/C34H29F5N6O2/c1-2-20-24(35)5-4-17-10-19(40)11-21(25(17)20)28-27(37)29-22(13-41-28)32(45-8-9-46-15-23-26(36)30(23)45)43-33(42-29)47-16-34-6-3-7-44(34)14-18(12-34)31(38)39/h1,4-5,10-11,13,23,26,30H,3,6-9,12,14-16,40H2/t23-,26-,30-,34-/m0/s1. The lowest BCUT2D eigenvalue weighted by molar-refractivity contribution is 0.108. The summed E-state index contributed by atoms with van der Waals surface area (Å²) in [5.41, 5.74) is 5.62. The highest BCUT2D eigenvalue weighted by Crippen LogP contribution is 2.46. The van der Waals surface area contributed by atoms with Gasteiger partial charge in [-0.2, -0.15) is 18.7 Å². The fourth-order valence-corrected chi connectivity index (χ4v) is 7.64. The molecule has 0 bridgehead atoms. The van der Waals surface area contributed by atoms with Crippen molar-refractivity contribution in [1.82, 2.24) is 19.9 Å². The zero-order valence-electron chi connectivity index (χ0n) is 25.1. The number of fused-ring (bicyclic) bond motifs is 4. The van der Waals surface area contributed by atoms with E-state index in [-0.39, 0.29) is 94.8 Å². The van der Waals surface area contributed by atoms with Crippen LogP contribution in [0.2, 0.25) is 0 Å². The largest absolute Gasteiger partial charge is 0.461 e. The lowest BCUT2D eigenvalue weighted by atomic mass is 9.94. The van der Waals surface area contributed by atoms with Crippen LogP contribution in [-0.4, -0.2) is 77.1 Å². The minimum absolute atomic E-state index is 0.000149. The molecule has 1 aliphatic carbocycles. The van der Waals surface area contributed by atoms with E-state index in [2.05, 4.69) is 20.9 Å². The van der Waals surface area contributed by atoms with Gasteiger partial charge in [0.05, 0.1) is 35.7 Å². The average Bonchev–Trinajstić information content (AvgIpc) is 3.39. The van der Waals surface area contributed by atoms with Crippen LogP contribution in [0.5, 0.6) is 6.01 Å². The first-order valence-electron chi connectivity index (χ1n) is 15.4. The number of anilines is 2. The molecule has 4 aliphatic rings. The van der Waals surface area contributed by atoms with Gasteiger partial charge in [0.2, 0.25) is 0 Å². The third kappa shape index (κ3) is 4.76. The summed E-state index contributed by atoms with van der Waals surface area (Å²) in [5.74, 6) is 0.684. The normalized spacial score (nSPS) is 25.5. The van der Waals surface area contributed by atoms with E-state index in [4.69, 9.17) is 21.6 Å². The molecule has 47 heavy (non-hydrogen) atoms. The molecule has 0 amide bonds. The van der Waals surface area contributed by atoms with E-state index < -0.39 is 35.5 Å². The SMILES string of the molecule is C#Cc1c(F)ccc2cc(N)cc(-c3ncc4c(N5CCOC[C@H]6[C@H](F)[C@H]65)nc(OC[C@@]56CCCN5CC(=C(F)F)C6)nc4c3F)c12. The van der Waals surface area contributed by atoms with Crippen molar-refractivity contribution in [3.05, 3.63) is 59.3 Å². The molecule has 8 nitrogen and oxygen atoms in total. The Bertz CT molecular complexity index is 2030. The predicted molar refractivity (Wildman–Crippen MR) is 166 cm³/mol. The first-order chi connectivity index (χ1) is 22.7. The summed E-state index contributed by atoms with van der Waals surface area (Å²) in [4.78, 5) is 17.3. The number of benzene rings is 2. The number of hydrogen-bond donors (Lipinski definition) is 1. The lowest BCUT2D eigenvalue weighted by Gasteiger charge is -2.31. The summed E-state index contributed by atoms with van der Waals surface area (Å²) in [6.45, 7) is 1.64. The van der Waals surface area contributed by atoms with Crippen molar-refractivity contribution in [2.24, 2.45) is 5.92 Å². The fraction of sp³-hybridized carbons (Fsp3) is 0.382. The molecule has 0 unspecified atom stereocenters. The Hall–Kier alpha value is -4.54. The van der Waals surface area contributed by atoms with Crippen molar-refractivity contribution in [3.63, 3.8) is 0 Å². The lowest BCUT2D eigenvalue weighted by Crippen LogP contribution is -2.43. The summed E-state index contributed by atoms with van der Waals surface area (Å²) in [7, 11) is 0. The number of rotatable bonds is 5. The molecular weight excluding hydrogens is 619 g/mol. The van der Waals surface area contributed by atoms with Crippen molar-refractivity contribution in [1.29, 1.82) is 0 Å². The van der Waals surface area contributed by atoms with E-state index in [1.807, 2.05) is 4.90 Å². The van der Waals surface area contributed by atoms with Gasteiger partial charge in [0.1, 0.15) is 35.6 Å². The van der Waals surface area contributed by atoms with Crippen LogP contribution in [0.3, 0.4) is 0 Å². The van der Waals surface area contributed by atoms with Gasteiger partial charge in [-0.1, -0.05) is 12.0 Å². The van der Waals surface area contributed by atoms with Gasteiger partial charge in [0, 0.05) is 47.4 Å². The number of halogens is 5. The minimum atomic E-state index is -1.68. The quantitative estimate of drug-likeness (QED) is 0.169. The van der Waals surface area contributed by atoms with Crippen molar-refractivity contribution in [2.45, 2.75) is 37.0 Å². The number of pyridine rings is 1. The number of nitrogens with two attached hydrogens (primary N) is 1. The summed E-state index contributed by atoms with van der Waals surface area (Å²) >= 11 is 0. The second-order valence-electron chi connectivity index (χ2n) is 12.7. The van der Waals surface area contributed by atoms with Gasteiger partial charge in [-0.25, -0.2) is 13.2 Å². The van der Waals surface area contributed by atoms with E-state index in [9.17, 15) is 17.6 Å². The van der Waals surface area contributed by atoms with Crippen LogP contribution in [0, 0.1) is 29.9 Å². The Labute approximate surface area is 266 Å². The predicted octanol–water partition coefficient (Wildman–Crippen LogP) is 5.63. The van der Waals surface area contributed by atoms with Crippen LogP contribution < -0.4 is 15.4 Å². The van der Waals surface area contributed by atoms with Crippen LogP contribution in [0.15, 0.2) is 42.1 Å². The number of aromatic nitrogens is 3. The van der Waals surface area contributed by atoms with Crippen molar-refractivity contribution >= 4 is 33.2 Å². The number of terminal acetylenes is 1. The molecule has 3 saturated heterocycles. The third-order valence-corrected chi connectivity index (χ3v) is 9.99. The zero-order valence-corrected chi connectivity index (χ0v) is 25.1. The maximum absolute atomic E-state index is 16.8. The molecule has 1 saturated carbocycles. The Kier molecular flexibility index (Phi) is 7.00. The number of hydrogen-bond acceptors (Lipinski definition) is 8. The van der Waals surface area contributed by atoms with Crippen LogP contribution in [0.4, 0.5) is 33.5 Å². The van der Waals surface area contributed by atoms with E-state index in [0.29, 0.717) is 25.0 Å². The first-order valence-corrected chi connectivity index (χ1v) is 15.4. The molecule has 2 aromatic heterocycles. The van der Waals surface area contributed by atoms with Gasteiger partial charge in [0.25, 0.3) is 6.08 Å². The van der Waals surface area contributed by atoms with Gasteiger partial charge < -0.3 is 20.1 Å². The second kappa shape index (κ2) is 11.0. The second-order valence-corrected chi connectivity index (χ2v) is 12.7. The van der Waals surface area contributed by atoms with Gasteiger partial charge in [-0.15, -0.1) is 6.42 Å². The molecule has 5 heterocycles. The molecule has 0 radical (unpaired) electrons. The van der Waals surface area contributed by atoms with Crippen molar-refractivity contribution in [3.8, 4) is 29.6 Å². The fourth-order valence-electron chi connectivity index (χ4n) is 7.64. The van der Waals surface area contributed by atoms with Crippen LogP contribution in [0.25, 0.3) is 32.9 Å². The van der Waals surface area contributed by atoms with E-state index in [0.717, 1.165) is 6.42 Å². The molecular formula is C34H29F5N6O2. The number of nitrogen functional groups attached to an aromatic ring is 1. The Morgan fingerprint density at radius 3 is 2.85 bits per heavy atom. The Morgan fingerprint density at radius 1 is 1.19 bits per heavy atom. The number of nitrogens with zero attached hydrogens (tertiary/aromatic N) is 5. The smallest absolute Gasteiger partial charge is 0.319 e. The van der Waals surface area contributed by atoms with Gasteiger partial charge in [-0.3, -0.25) is 9.88 Å². The maximum atomic E-state index is 16.8. The van der Waals surface area contributed by atoms with Crippen LogP contribution in [0.1, 0.15) is 24.8 Å². The topological polar surface area (TPSA) is 89.6 Å². The molecule has 0 spiro atoms. The van der Waals surface area contributed by atoms with Crippen molar-refractivity contribution < 1.29 is 31.4 Å². The van der Waals surface area contributed by atoms with E-state index >= 15 is 4.39 Å². The van der Waals surface area contributed by atoms with Crippen LogP contribution in [-0.2, 0) is 4.74 Å². The molecule has 2 aromatic carbocycles. The molecule has 4 fully saturated rings. The molecule has 4 atom stereocenters. The molecule has 8 rings (SSSR count). The minimum Gasteiger partial charge on any atom is -0.461 e. The van der Waals surface area contributed by atoms with Crippen molar-refractivity contribution in [2.75, 3.05) is 50.1 Å². The van der Waals surface area contributed by atoms with E-state index in [1.165, 1.54) is 24.4 Å². The third-order valence-electron chi connectivity index (χ3n) is 9.99. The number of ether oxygens (including phenoxy) is 2. The highest BCUT2D eigenvalue weighted by atomic mass is 19.3. The molecule has 2 N–H and O–H groups in total. The van der Waals surface area contributed by atoms with E-state index in [1.54, 1.807) is 11.0 Å². The van der Waals surface area contributed by atoms with Gasteiger partial charge >= 0.3 is 6.01 Å². The first kappa shape index (κ1) is 29.8. The Morgan fingerprint density at radius 2 is 2.04 bits per heavy atom. The highest BCUT2D eigenvalue weighted by molar-refractivity contribution is 6.03. The molecule has 4 aromatic rings. The summed E-state index contributed by atoms with van der Waals surface area (Å²) in [6.07, 6.45) is 5.82. The summed E-state index contributed by atoms with van der Waals surface area (Å²) in [5, 5.41) is 0.965. The summed E-state index contributed by atoms with van der Waals surface area (Å²) in [6, 6.07) is 5.07. The van der Waals surface area contributed by atoms with Crippen LogP contribution >= 0.6 is 0 Å². The highest BCUT2D eigenvalue weighted by Gasteiger charge is 2.56. The zero-order chi connectivity index (χ0) is 32.6. The summed E-state index contributed by atoms with van der Waals surface area (Å²) < 4.78 is 85.5. The van der Waals surface area contributed by atoms with Gasteiger partial charge in [-0.05, 0) is 49.4 Å². The molecule has 13 heteroatoms.